The quantitative estimate of drug-likeness (QED) is 0.883. The van der Waals surface area contributed by atoms with Crippen LogP contribution in [0.2, 0.25) is 0 Å². The van der Waals surface area contributed by atoms with E-state index in [2.05, 4.69) is 20.4 Å². The summed E-state index contributed by atoms with van der Waals surface area (Å²) in [5, 5.41) is 11.7. The van der Waals surface area contributed by atoms with Gasteiger partial charge >= 0.3 is 0 Å². The van der Waals surface area contributed by atoms with Crippen LogP contribution < -0.4 is 15.8 Å². The summed E-state index contributed by atoms with van der Waals surface area (Å²) in [6, 6.07) is 3.35. The minimum Gasteiger partial charge on any atom is -0.353 e. The summed E-state index contributed by atoms with van der Waals surface area (Å²) >= 11 is 0. The molecule has 25 heavy (non-hydrogen) atoms. The molecular weight excluding hydrogens is 320 g/mol. The van der Waals surface area contributed by atoms with Crippen LogP contribution in [0.1, 0.15) is 35.8 Å². The van der Waals surface area contributed by atoms with E-state index in [0.717, 1.165) is 30.9 Å². The van der Waals surface area contributed by atoms with Crippen molar-refractivity contribution in [2.45, 2.75) is 39.3 Å². The van der Waals surface area contributed by atoms with Gasteiger partial charge in [0, 0.05) is 45.0 Å². The van der Waals surface area contributed by atoms with Gasteiger partial charge in [-0.25, -0.2) is 4.68 Å². The molecule has 0 aliphatic carbocycles. The first kappa shape index (κ1) is 17.2. The highest BCUT2D eigenvalue weighted by Crippen LogP contribution is 2.17. The zero-order chi connectivity index (χ0) is 18.0. The average molecular weight is 344 g/mol. The number of aryl methyl sites for hydroxylation is 3. The Bertz CT molecular complexity index is 825. The van der Waals surface area contributed by atoms with E-state index in [0.29, 0.717) is 18.7 Å². The van der Waals surface area contributed by atoms with Crippen molar-refractivity contribution < 1.29 is 4.79 Å². The largest absolute Gasteiger partial charge is 0.353 e. The van der Waals surface area contributed by atoms with Crippen LogP contribution in [0.15, 0.2) is 23.1 Å². The molecule has 1 fully saturated rings. The van der Waals surface area contributed by atoms with Crippen molar-refractivity contribution in [1.82, 2.24) is 24.9 Å². The minimum absolute atomic E-state index is 0.0460. The summed E-state index contributed by atoms with van der Waals surface area (Å²) < 4.78 is 3.10. The number of amides is 1. The highest BCUT2D eigenvalue weighted by atomic mass is 16.2. The monoisotopic (exact) mass is 344 g/mol. The van der Waals surface area contributed by atoms with Crippen LogP contribution in [-0.2, 0) is 13.6 Å². The second-order valence-electron chi connectivity index (χ2n) is 6.41. The van der Waals surface area contributed by atoms with E-state index in [1.807, 2.05) is 13.8 Å². The Kier molecular flexibility index (Phi) is 4.87. The lowest BCUT2D eigenvalue weighted by Gasteiger charge is -2.34. The first-order valence-electron chi connectivity index (χ1n) is 8.62. The Labute approximate surface area is 146 Å². The van der Waals surface area contributed by atoms with E-state index in [4.69, 9.17) is 0 Å². The third kappa shape index (κ3) is 3.72. The van der Waals surface area contributed by atoms with E-state index in [1.165, 1.54) is 4.68 Å². The lowest BCUT2D eigenvalue weighted by Crippen LogP contribution is -2.48. The molecular formula is C17H24N6O2. The fourth-order valence-corrected chi connectivity index (χ4v) is 3.22. The molecule has 2 aromatic rings. The molecule has 0 aromatic carbocycles. The van der Waals surface area contributed by atoms with E-state index in [1.54, 1.807) is 30.1 Å². The number of nitrogens with zero attached hydrogens (tertiary/aromatic N) is 5. The van der Waals surface area contributed by atoms with Crippen molar-refractivity contribution in [3.8, 4) is 0 Å². The Hall–Kier alpha value is -2.64. The molecule has 1 saturated heterocycles. The van der Waals surface area contributed by atoms with Crippen molar-refractivity contribution in [1.29, 1.82) is 0 Å². The summed E-state index contributed by atoms with van der Waals surface area (Å²) in [7, 11) is 1.81. The molecule has 0 bridgehead atoms. The number of piperidine rings is 1. The van der Waals surface area contributed by atoms with Crippen LogP contribution in [-0.4, -0.2) is 44.6 Å². The third-order valence-corrected chi connectivity index (χ3v) is 4.49. The fraction of sp³-hybridized carbons (Fsp3) is 0.529. The third-order valence-electron chi connectivity index (χ3n) is 4.49. The predicted octanol–water partition coefficient (Wildman–Crippen LogP) is 0.704. The summed E-state index contributed by atoms with van der Waals surface area (Å²) in [5.74, 6) is 0.682. The summed E-state index contributed by atoms with van der Waals surface area (Å²) in [6.45, 7) is 5.82. The molecule has 1 aliphatic heterocycles. The van der Waals surface area contributed by atoms with Crippen LogP contribution in [0, 0.1) is 6.92 Å². The maximum Gasteiger partial charge on any atom is 0.266 e. The first-order valence-corrected chi connectivity index (χ1v) is 8.62. The highest BCUT2D eigenvalue weighted by Gasteiger charge is 2.24. The lowest BCUT2D eigenvalue weighted by atomic mass is 10.1. The number of carbonyl (C=O) groups excluding carboxylic acids is 1. The van der Waals surface area contributed by atoms with Crippen LogP contribution in [0.5, 0.6) is 0 Å². The minimum atomic E-state index is -0.0971. The molecule has 2 aromatic heterocycles. The summed E-state index contributed by atoms with van der Waals surface area (Å²) in [5.41, 5.74) is 1.24. The molecule has 1 amide bonds. The van der Waals surface area contributed by atoms with Crippen molar-refractivity contribution in [3.63, 3.8) is 0 Å². The molecule has 1 atom stereocenters. The number of anilines is 1. The van der Waals surface area contributed by atoms with Crippen molar-refractivity contribution >= 4 is 11.7 Å². The molecule has 0 unspecified atom stereocenters. The number of rotatable bonds is 4. The zero-order valence-corrected chi connectivity index (χ0v) is 14.9. The van der Waals surface area contributed by atoms with Gasteiger partial charge in [-0.15, -0.1) is 0 Å². The summed E-state index contributed by atoms with van der Waals surface area (Å²) in [4.78, 5) is 26.3. The van der Waals surface area contributed by atoms with Gasteiger partial charge < -0.3 is 10.2 Å². The molecule has 0 saturated carbocycles. The van der Waals surface area contributed by atoms with E-state index < -0.39 is 0 Å². The molecule has 8 nitrogen and oxygen atoms in total. The number of aromatic nitrogens is 4. The first-order chi connectivity index (χ1) is 12.0. The topological polar surface area (TPSA) is 85.1 Å². The van der Waals surface area contributed by atoms with Crippen LogP contribution in [0.4, 0.5) is 5.82 Å². The second-order valence-corrected chi connectivity index (χ2v) is 6.41. The van der Waals surface area contributed by atoms with Gasteiger partial charge in [0.25, 0.3) is 11.5 Å². The Morgan fingerprint density at radius 3 is 2.84 bits per heavy atom. The predicted molar refractivity (Wildman–Crippen MR) is 94.8 cm³/mol. The second kappa shape index (κ2) is 7.08. The Balaban J connectivity index is 1.70. The SMILES string of the molecule is CCn1nc(N2CCC[C@H](NC(=O)c3cn(C)nc3C)C2)ccc1=O. The van der Waals surface area contributed by atoms with E-state index in [-0.39, 0.29) is 17.5 Å². The maximum atomic E-state index is 12.5. The molecule has 3 heterocycles. The zero-order valence-electron chi connectivity index (χ0n) is 14.9. The van der Waals surface area contributed by atoms with Gasteiger partial charge in [-0.2, -0.15) is 10.2 Å². The van der Waals surface area contributed by atoms with Crippen molar-refractivity contribution in [2.75, 3.05) is 18.0 Å². The number of nitrogens with one attached hydrogen (secondary N) is 1. The van der Waals surface area contributed by atoms with Gasteiger partial charge in [0.15, 0.2) is 0 Å². The Morgan fingerprint density at radius 1 is 1.36 bits per heavy atom. The normalized spacial score (nSPS) is 17.6. The van der Waals surface area contributed by atoms with Crippen LogP contribution >= 0.6 is 0 Å². The average Bonchev–Trinajstić information content (AvgIpc) is 2.94. The molecule has 3 rings (SSSR count). The maximum absolute atomic E-state index is 12.5. The number of hydrogen-bond acceptors (Lipinski definition) is 5. The van der Waals surface area contributed by atoms with Gasteiger partial charge in [0.1, 0.15) is 5.82 Å². The molecule has 0 radical (unpaired) electrons. The number of hydrogen-bond donors (Lipinski definition) is 1. The van der Waals surface area contributed by atoms with Crippen LogP contribution in [0.3, 0.4) is 0 Å². The highest BCUT2D eigenvalue weighted by molar-refractivity contribution is 5.95. The van der Waals surface area contributed by atoms with Crippen molar-refractivity contribution in [3.05, 3.63) is 39.9 Å². The number of carbonyl (C=O) groups is 1. The molecule has 1 N–H and O–H groups in total. The Morgan fingerprint density at radius 2 is 2.16 bits per heavy atom. The van der Waals surface area contributed by atoms with Gasteiger partial charge in [-0.3, -0.25) is 14.3 Å². The van der Waals surface area contributed by atoms with Crippen LogP contribution in [0.25, 0.3) is 0 Å². The van der Waals surface area contributed by atoms with Gasteiger partial charge in [-0.1, -0.05) is 0 Å². The molecule has 134 valence electrons. The molecule has 0 spiro atoms. The smallest absolute Gasteiger partial charge is 0.266 e. The van der Waals surface area contributed by atoms with Gasteiger partial charge in [0.05, 0.1) is 11.3 Å². The lowest BCUT2D eigenvalue weighted by molar-refractivity contribution is 0.0932. The van der Waals surface area contributed by atoms with E-state index >= 15 is 0 Å². The standard InChI is InChI=1S/C17H24N6O2/c1-4-23-16(24)8-7-15(20-23)22-9-5-6-13(10-22)18-17(25)14-11-21(3)19-12(14)2/h7-8,11,13H,4-6,9-10H2,1-3H3,(H,18,25)/t13-/m0/s1. The molecule has 1 aliphatic rings. The van der Waals surface area contributed by atoms with Gasteiger partial charge in [0.2, 0.25) is 0 Å². The van der Waals surface area contributed by atoms with Crippen molar-refractivity contribution in [2.24, 2.45) is 7.05 Å². The fourth-order valence-electron chi connectivity index (χ4n) is 3.22. The van der Waals surface area contributed by atoms with Gasteiger partial charge in [-0.05, 0) is 32.8 Å². The molecule has 8 heteroatoms. The van der Waals surface area contributed by atoms with E-state index in [9.17, 15) is 9.59 Å². The summed E-state index contributed by atoms with van der Waals surface area (Å²) in [6.07, 6.45) is 3.63.